The van der Waals surface area contributed by atoms with Gasteiger partial charge in [-0.1, -0.05) is 98.1 Å². The smallest absolute Gasteiger partial charge is 0.252 e. The molecule has 3 amide bonds. The van der Waals surface area contributed by atoms with E-state index in [4.69, 9.17) is 5.73 Å². The van der Waals surface area contributed by atoms with E-state index in [0.717, 1.165) is 51.0 Å². The van der Waals surface area contributed by atoms with Gasteiger partial charge in [0.2, 0.25) is 11.8 Å². The van der Waals surface area contributed by atoms with E-state index in [0.29, 0.717) is 25.1 Å². The van der Waals surface area contributed by atoms with Crippen LogP contribution < -0.4 is 21.7 Å². The third-order valence-corrected chi connectivity index (χ3v) is 7.35. The molecule has 0 radical (unpaired) electrons. The monoisotopic (exact) mass is 601 g/mol. The van der Waals surface area contributed by atoms with E-state index < -0.39 is 0 Å². The van der Waals surface area contributed by atoms with Crippen molar-refractivity contribution in [3.8, 4) is 0 Å². The fraction of sp³-hybridized carbons (Fsp3) is 0.714. The lowest BCUT2D eigenvalue weighted by Gasteiger charge is -2.22. The molecular formula is C35H63N5O3. The zero-order chi connectivity index (χ0) is 32.1. The Bertz CT molecular complexity index is 856. The van der Waals surface area contributed by atoms with Gasteiger partial charge < -0.3 is 21.7 Å². The quantitative estimate of drug-likeness (QED) is 0.104. The highest BCUT2D eigenvalue weighted by molar-refractivity contribution is 5.93. The first-order valence-corrected chi connectivity index (χ1v) is 17.1. The second-order valence-corrected chi connectivity index (χ2v) is 11.2. The van der Waals surface area contributed by atoms with Crippen LogP contribution in [-0.4, -0.2) is 48.4 Å². The number of aromatic nitrogens is 1. The number of amides is 3. The minimum absolute atomic E-state index is 0.0316. The van der Waals surface area contributed by atoms with Gasteiger partial charge in [-0.3, -0.25) is 19.4 Å². The average Bonchev–Trinajstić information content (AvgIpc) is 3.03. The average molecular weight is 602 g/mol. The molecule has 1 aliphatic carbocycles. The molecule has 1 aliphatic rings. The number of rotatable bonds is 19. The van der Waals surface area contributed by atoms with Crippen molar-refractivity contribution in [3.63, 3.8) is 0 Å². The largest absolute Gasteiger partial charge is 0.369 e. The molecule has 0 saturated heterocycles. The molecule has 0 spiro atoms. The first-order valence-electron chi connectivity index (χ1n) is 17.1. The van der Waals surface area contributed by atoms with Gasteiger partial charge in [-0.25, -0.2) is 0 Å². The highest BCUT2D eigenvalue weighted by atomic mass is 16.2. The van der Waals surface area contributed by atoms with E-state index in [9.17, 15) is 14.4 Å². The number of hydrogen-bond acceptors (Lipinski definition) is 5. The van der Waals surface area contributed by atoms with E-state index in [1.54, 1.807) is 24.5 Å². The minimum atomic E-state index is -0.325. The zero-order valence-corrected chi connectivity index (χ0v) is 28.0. The van der Waals surface area contributed by atoms with E-state index in [1.165, 1.54) is 44.9 Å². The summed E-state index contributed by atoms with van der Waals surface area (Å²) < 4.78 is 0. The first kappa shape index (κ1) is 40.3. The lowest BCUT2D eigenvalue weighted by molar-refractivity contribution is -0.123. The number of carbonyl (C=O) groups is 3. The Kier molecular flexibility index (Phi) is 26.3. The molecule has 246 valence electrons. The van der Waals surface area contributed by atoms with Gasteiger partial charge in [-0.2, -0.15) is 0 Å². The van der Waals surface area contributed by atoms with Crippen LogP contribution in [-0.2, 0) is 9.59 Å². The van der Waals surface area contributed by atoms with Crippen LogP contribution in [0, 0.1) is 11.8 Å². The molecule has 1 saturated carbocycles. The van der Waals surface area contributed by atoms with Crippen molar-refractivity contribution in [2.24, 2.45) is 17.6 Å². The van der Waals surface area contributed by atoms with Gasteiger partial charge in [0, 0.05) is 25.5 Å². The zero-order valence-electron chi connectivity index (χ0n) is 28.0. The van der Waals surface area contributed by atoms with Crippen LogP contribution in [0.3, 0.4) is 0 Å². The lowest BCUT2D eigenvalue weighted by atomic mass is 9.86. The summed E-state index contributed by atoms with van der Waals surface area (Å²) in [4.78, 5) is 40.8. The van der Waals surface area contributed by atoms with Gasteiger partial charge in [-0.05, 0) is 63.1 Å². The maximum Gasteiger partial charge on any atom is 0.252 e. The number of hydrogen-bond donors (Lipinski definition) is 4. The fourth-order valence-electron chi connectivity index (χ4n) is 5.02. The van der Waals surface area contributed by atoms with Gasteiger partial charge in [0.15, 0.2) is 0 Å². The van der Waals surface area contributed by atoms with Crippen LogP contribution in [0.15, 0.2) is 36.7 Å². The number of nitrogens with two attached hydrogens (primary N) is 1. The van der Waals surface area contributed by atoms with Crippen LogP contribution in [0.4, 0.5) is 0 Å². The number of unbranched alkanes of at least 4 members (excludes halogenated alkanes) is 2. The van der Waals surface area contributed by atoms with Crippen molar-refractivity contribution < 1.29 is 14.4 Å². The highest BCUT2D eigenvalue weighted by Gasteiger charge is 2.18. The maximum absolute atomic E-state index is 13.0. The Labute approximate surface area is 262 Å². The normalized spacial score (nSPS) is 14.4. The van der Waals surface area contributed by atoms with E-state index in [2.05, 4.69) is 41.7 Å². The fourth-order valence-corrected chi connectivity index (χ4v) is 5.02. The molecule has 8 heteroatoms. The van der Waals surface area contributed by atoms with Crippen molar-refractivity contribution in [1.82, 2.24) is 20.9 Å². The number of primary amides is 1. The summed E-state index contributed by atoms with van der Waals surface area (Å²) in [6.07, 6.45) is 22.1. The third-order valence-electron chi connectivity index (χ3n) is 7.35. The van der Waals surface area contributed by atoms with Crippen molar-refractivity contribution in [2.45, 2.75) is 131 Å². The standard InChI is InChI=1S/C30H49N5O3.C3H8.C2H6/c1-2-3-15-25(28(31)36)16-11-22-35-30(38)27(33-21-9-14-24-12-5-4-6-13-24)18-7-8-20-34-29(37)26-17-10-19-32-23-26;1-3-2;1-2/h10-11,16-17,19,23-25,27,33H,2-9,12-15,18,20-22H2,1H3,(H2,31,36)(H,34,37)(H,35,38);3H2,1-2H3;1-2H3/b16-11+;;/t25-,27+;;/m1../s1. The number of carbonyl (C=O) groups excluding carboxylic acids is 3. The molecule has 0 unspecified atom stereocenters. The Morgan fingerprint density at radius 3 is 2.33 bits per heavy atom. The Morgan fingerprint density at radius 1 is 0.977 bits per heavy atom. The van der Waals surface area contributed by atoms with Gasteiger partial charge in [-0.15, -0.1) is 0 Å². The molecule has 1 heterocycles. The molecular weight excluding hydrogens is 538 g/mol. The van der Waals surface area contributed by atoms with Crippen LogP contribution in [0.25, 0.3) is 0 Å². The Morgan fingerprint density at radius 2 is 1.70 bits per heavy atom. The van der Waals surface area contributed by atoms with Gasteiger partial charge >= 0.3 is 0 Å². The summed E-state index contributed by atoms with van der Waals surface area (Å²) in [5.41, 5.74) is 6.05. The third kappa shape index (κ3) is 20.7. The highest BCUT2D eigenvalue weighted by Crippen LogP contribution is 2.27. The van der Waals surface area contributed by atoms with E-state index >= 15 is 0 Å². The molecule has 5 N–H and O–H groups in total. The van der Waals surface area contributed by atoms with E-state index in [1.807, 2.05) is 26.0 Å². The van der Waals surface area contributed by atoms with Crippen molar-refractivity contribution in [3.05, 3.63) is 42.2 Å². The number of nitrogens with zero attached hydrogens (tertiary/aromatic N) is 1. The second-order valence-electron chi connectivity index (χ2n) is 11.2. The van der Waals surface area contributed by atoms with E-state index in [-0.39, 0.29) is 29.7 Å². The maximum atomic E-state index is 13.0. The van der Waals surface area contributed by atoms with Crippen LogP contribution in [0.5, 0.6) is 0 Å². The minimum Gasteiger partial charge on any atom is -0.369 e. The van der Waals surface area contributed by atoms with Gasteiger partial charge in [0.1, 0.15) is 0 Å². The van der Waals surface area contributed by atoms with Crippen LogP contribution in [0.1, 0.15) is 135 Å². The molecule has 2 atom stereocenters. The Balaban J connectivity index is 0.00000331. The molecule has 2 rings (SSSR count). The lowest BCUT2D eigenvalue weighted by Crippen LogP contribution is -2.44. The molecule has 0 aliphatic heterocycles. The molecule has 43 heavy (non-hydrogen) atoms. The summed E-state index contributed by atoms with van der Waals surface area (Å²) in [6.45, 7) is 12.1. The van der Waals surface area contributed by atoms with Crippen molar-refractivity contribution in [2.75, 3.05) is 19.6 Å². The summed E-state index contributed by atoms with van der Waals surface area (Å²) in [5.74, 6) is 0.0537. The summed E-state index contributed by atoms with van der Waals surface area (Å²) in [5, 5.41) is 9.38. The topological polar surface area (TPSA) is 126 Å². The predicted molar refractivity (Wildman–Crippen MR) is 180 cm³/mol. The SMILES string of the molecule is CC.CCC.CCCC[C@H](/C=C/CNC(=O)[C@H](CCCCNC(=O)c1cccnc1)NCCCC1CCCCC1)C(N)=O. The predicted octanol–water partition coefficient (Wildman–Crippen LogP) is 6.71. The molecule has 8 nitrogen and oxygen atoms in total. The number of pyridine rings is 1. The molecule has 0 aromatic carbocycles. The van der Waals surface area contributed by atoms with Crippen LogP contribution >= 0.6 is 0 Å². The molecule has 1 fully saturated rings. The van der Waals surface area contributed by atoms with Crippen molar-refractivity contribution >= 4 is 17.7 Å². The van der Waals surface area contributed by atoms with Gasteiger partial charge in [0.05, 0.1) is 17.5 Å². The van der Waals surface area contributed by atoms with Crippen LogP contribution in [0.2, 0.25) is 0 Å². The van der Waals surface area contributed by atoms with Gasteiger partial charge in [0.25, 0.3) is 5.91 Å². The summed E-state index contributed by atoms with van der Waals surface area (Å²) in [6, 6.07) is 3.20. The number of nitrogens with one attached hydrogen (secondary N) is 3. The molecule has 1 aromatic rings. The Hall–Kier alpha value is -2.74. The van der Waals surface area contributed by atoms with Crippen molar-refractivity contribution in [1.29, 1.82) is 0 Å². The molecule has 1 aromatic heterocycles. The first-order chi connectivity index (χ1) is 20.9. The second kappa shape index (κ2) is 28.1. The molecule has 0 bridgehead atoms. The summed E-state index contributed by atoms with van der Waals surface area (Å²) >= 11 is 0. The summed E-state index contributed by atoms with van der Waals surface area (Å²) in [7, 11) is 0.